The molecule has 2 heterocycles. The summed E-state index contributed by atoms with van der Waals surface area (Å²) in [5, 5.41) is 15.6. The molecule has 0 atom stereocenters. The van der Waals surface area contributed by atoms with Gasteiger partial charge in [-0.2, -0.15) is 16.1 Å². The predicted molar refractivity (Wildman–Crippen MR) is 88.8 cm³/mol. The minimum atomic E-state index is -0.0985. The first-order chi connectivity index (χ1) is 10.2. The fraction of sp³-hybridized carbons (Fsp3) is 0.400. The van der Waals surface area contributed by atoms with Crippen molar-refractivity contribution in [2.45, 2.75) is 5.75 Å². The highest BCUT2D eigenvalue weighted by Crippen LogP contribution is 2.21. The van der Waals surface area contributed by atoms with Crippen LogP contribution < -0.4 is 21.1 Å². The maximum Gasteiger partial charge on any atom is 0.270 e. The second kappa shape index (κ2) is 8.00. The van der Waals surface area contributed by atoms with Gasteiger partial charge in [0.05, 0.1) is 24.5 Å². The van der Waals surface area contributed by atoms with Crippen LogP contribution in [0.15, 0.2) is 5.38 Å². The van der Waals surface area contributed by atoms with Gasteiger partial charge in [-0.3, -0.25) is 5.41 Å². The van der Waals surface area contributed by atoms with Gasteiger partial charge in [0.25, 0.3) is 5.88 Å². The number of methoxy groups -OCH3 is 1. The molecule has 2 rings (SSSR count). The van der Waals surface area contributed by atoms with Crippen molar-refractivity contribution in [3.63, 3.8) is 0 Å². The highest BCUT2D eigenvalue weighted by atomic mass is 32.2. The largest absolute Gasteiger partial charge is 0.478 e. The monoisotopic (exact) mass is 345 g/mol. The first kappa shape index (κ1) is 15.8. The van der Waals surface area contributed by atoms with Gasteiger partial charge in [0, 0.05) is 23.4 Å². The highest BCUT2D eigenvalue weighted by Gasteiger charge is 2.07. The van der Waals surface area contributed by atoms with Crippen molar-refractivity contribution in [3.05, 3.63) is 11.1 Å². The third-order valence-corrected chi connectivity index (χ3v) is 4.54. The molecule has 5 N–H and O–H groups in total. The van der Waals surface area contributed by atoms with Gasteiger partial charge in [-0.05, 0) is 0 Å². The Morgan fingerprint density at radius 2 is 2.38 bits per heavy atom. The van der Waals surface area contributed by atoms with Crippen LogP contribution in [0, 0.1) is 5.41 Å². The van der Waals surface area contributed by atoms with E-state index in [0.29, 0.717) is 16.8 Å². The van der Waals surface area contributed by atoms with E-state index in [9.17, 15) is 0 Å². The Morgan fingerprint density at radius 1 is 1.52 bits per heavy atom. The summed E-state index contributed by atoms with van der Waals surface area (Å²) in [4.78, 5) is 4.33. The van der Waals surface area contributed by atoms with Gasteiger partial charge in [-0.25, -0.2) is 4.98 Å². The molecule has 0 aromatic carbocycles. The van der Waals surface area contributed by atoms with Gasteiger partial charge in [-0.15, -0.1) is 15.7 Å². The average Bonchev–Trinajstić information content (AvgIpc) is 3.07. The van der Waals surface area contributed by atoms with E-state index in [0.717, 1.165) is 35.5 Å². The van der Waals surface area contributed by atoms with Crippen LogP contribution in [0.2, 0.25) is 0 Å². The molecule has 0 saturated carbocycles. The number of nitrogens with one attached hydrogen (secondary N) is 3. The van der Waals surface area contributed by atoms with Crippen LogP contribution >= 0.6 is 34.8 Å². The van der Waals surface area contributed by atoms with E-state index >= 15 is 0 Å². The molecule has 0 spiro atoms. The van der Waals surface area contributed by atoms with Crippen LogP contribution in [0.5, 0.6) is 5.88 Å². The van der Waals surface area contributed by atoms with Gasteiger partial charge < -0.3 is 21.1 Å². The number of thiazole rings is 1. The SMILES string of the molecule is COc1nsnc1NCCSCc1csc(NC(=N)N)n1. The number of thioether (sulfide) groups is 1. The molecule has 0 aliphatic heterocycles. The summed E-state index contributed by atoms with van der Waals surface area (Å²) in [6.45, 7) is 0.773. The molecular weight excluding hydrogens is 330 g/mol. The number of nitrogens with two attached hydrogens (primary N) is 1. The summed E-state index contributed by atoms with van der Waals surface area (Å²) in [5.41, 5.74) is 6.22. The van der Waals surface area contributed by atoms with Crippen molar-refractivity contribution >= 4 is 51.7 Å². The molecule has 0 aliphatic rings. The number of hydrogen-bond acceptors (Lipinski definition) is 9. The van der Waals surface area contributed by atoms with Crippen LogP contribution in [0.25, 0.3) is 0 Å². The van der Waals surface area contributed by atoms with Crippen LogP contribution in [-0.2, 0) is 5.75 Å². The smallest absolute Gasteiger partial charge is 0.270 e. The molecule has 0 bridgehead atoms. The van der Waals surface area contributed by atoms with Crippen LogP contribution in [-0.4, -0.2) is 39.1 Å². The van der Waals surface area contributed by atoms with E-state index in [2.05, 4.69) is 24.4 Å². The molecule has 0 amide bonds. The maximum atomic E-state index is 7.13. The fourth-order valence-electron chi connectivity index (χ4n) is 1.39. The van der Waals surface area contributed by atoms with Gasteiger partial charge in [0.2, 0.25) is 5.82 Å². The van der Waals surface area contributed by atoms with E-state index in [1.54, 1.807) is 18.9 Å². The molecule has 0 saturated heterocycles. The summed E-state index contributed by atoms with van der Waals surface area (Å²) in [5.74, 6) is 2.84. The highest BCUT2D eigenvalue weighted by molar-refractivity contribution is 7.98. The number of rotatable bonds is 8. The molecule has 0 fully saturated rings. The Labute approximate surface area is 134 Å². The quantitative estimate of drug-likeness (QED) is 0.324. The summed E-state index contributed by atoms with van der Waals surface area (Å²) in [7, 11) is 1.57. The lowest BCUT2D eigenvalue weighted by molar-refractivity contribution is 0.403. The number of nitrogens with zero attached hydrogens (tertiary/aromatic N) is 3. The standard InChI is InChI=1S/C10H15N7OS3/c1-18-8-7(16-21-17-8)13-2-3-19-4-6-5-20-10(14-6)15-9(11)12/h5H,2-4H2,1H3,(H,13,16)(H4,11,12,14,15). The van der Waals surface area contributed by atoms with Crippen molar-refractivity contribution < 1.29 is 4.74 Å². The van der Waals surface area contributed by atoms with Crippen molar-refractivity contribution in [3.8, 4) is 5.88 Å². The zero-order valence-corrected chi connectivity index (χ0v) is 13.7. The first-order valence-electron chi connectivity index (χ1n) is 5.92. The van der Waals surface area contributed by atoms with Crippen LogP contribution in [0.4, 0.5) is 10.9 Å². The number of hydrogen-bond donors (Lipinski definition) is 4. The summed E-state index contributed by atoms with van der Waals surface area (Å²) < 4.78 is 13.2. The number of aromatic nitrogens is 3. The average molecular weight is 345 g/mol. The number of guanidine groups is 1. The third-order valence-electron chi connectivity index (χ3n) is 2.23. The fourth-order valence-corrected chi connectivity index (χ4v) is 3.46. The third kappa shape index (κ3) is 5.02. The molecule has 2 aromatic rings. The number of anilines is 2. The Hall–Kier alpha value is -1.59. The molecule has 8 nitrogen and oxygen atoms in total. The summed E-state index contributed by atoms with van der Waals surface area (Å²) >= 11 is 4.32. The van der Waals surface area contributed by atoms with Gasteiger partial charge in [0.1, 0.15) is 0 Å². The van der Waals surface area contributed by atoms with Gasteiger partial charge in [-0.1, -0.05) is 0 Å². The maximum absolute atomic E-state index is 7.13. The van der Waals surface area contributed by atoms with Crippen molar-refractivity contribution in [2.75, 3.05) is 30.0 Å². The van der Waals surface area contributed by atoms with E-state index < -0.39 is 0 Å². The lowest BCUT2D eigenvalue weighted by Crippen LogP contribution is -2.20. The van der Waals surface area contributed by atoms with Gasteiger partial charge >= 0.3 is 0 Å². The molecule has 0 unspecified atom stereocenters. The molecule has 114 valence electrons. The zero-order chi connectivity index (χ0) is 15.1. The molecule has 21 heavy (non-hydrogen) atoms. The summed E-state index contributed by atoms with van der Waals surface area (Å²) in [6.07, 6.45) is 0. The van der Waals surface area contributed by atoms with Crippen LogP contribution in [0.3, 0.4) is 0 Å². The molecule has 11 heteroatoms. The lowest BCUT2D eigenvalue weighted by Gasteiger charge is -2.03. The number of ether oxygens (including phenoxy) is 1. The molecule has 2 aromatic heterocycles. The minimum absolute atomic E-state index is 0.0985. The van der Waals surface area contributed by atoms with E-state index in [4.69, 9.17) is 15.9 Å². The molecular formula is C10H15N7OS3. The van der Waals surface area contributed by atoms with Gasteiger partial charge in [0.15, 0.2) is 11.1 Å². The Bertz CT molecular complexity index is 585. The normalized spacial score (nSPS) is 10.3. The second-order valence-electron chi connectivity index (χ2n) is 3.78. The first-order valence-corrected chi connectivity index (χ1v) is 8.69. The van der Waals surface area contributed by atoms with E-state index in [1.165, 1.54) is 11.3 Å². The minimum Gasteiger partial charge on any atom is -0.478 e. The summed E-state index contributed by atoms with van der Waals surface area (Å²) in [6, 6.07) is 0. The van der Waals surface area contributed by atoms with Crippen molar-refractivity contribution in [1.82, 2.24) is 13.7 Å². The second-order valence-corrected chi connectivity index (χ2v) is 6.28. The Balaban J connectivity index is 1.65. The van der Waals surface area contributed by atoms with E-state index in [1.807, 2.05) is 5.38 Å². The predicted octanol–water partition coefficient (Wildman–Crippen LogP) is 1.65. The van der Waals surface area contributed by atoms with Crippen LogP contribution in [0.1, 0.15) is 5.69 Å². The Morgan fingerprint density at radius 3 is 3.14 bits per heavy atom. The zero-order valence-electron chi connectivity index (χ0n) is 11.3. The van der Waals surface area contributed by atoms with E-state index in [-0.39, 0.29) is 5.96 Å². The lowest BCUT2D eigenvalue weighted by atomic mass is 10.6. The van der Waals surface area contributed by atoms with Crippen molar-refractivity contribution in [1.29, 1.82) is 5.41 Å². The Kier molecular flexibility index (Phi) is 6.02. The van der Waals surface area contributed by atoms with Crippen molar-refractivity contribution in [2.24, 2.45) is 5.73 Å². The molecule has 0 radical (unpaired) electrons. The topological polar surface area (TPSA) is 122 Å². The molecule has 0 aliphatic carbocycles.